The fourth-order valence-electron chi connectivity index (χ4n) is 4.12. The Hall–Kier alpha value is -3.10. The number of nitrogens with one attached hydrogen (secondary N) is 2. The summed E-state index contributed by atoms with van der Waals surface area (Å²) in [5, 5.41) is 5.56. The van der Waals surface area contributed by atoms with Crippen LogP contribution in [-0.4, -0.2) is 52.9 Å². The lowest BCUT2D eigenvalue weighted by atomic mass is 9.97. The number of rotatable bonds is 14. The smallest absolute Gasteiger partial charge is 0.408 e. The van der Waals surface area contributed by atoms with Gasteiger partial charge in [-0.1, -0.05) is 57.4 Å². The minimum atomic E-state index is -1.28. The molecule has 0 fully saturated rings. The van der Waals surface area contributed by atoms with Gasteiger partial charge >= 0.3 is 6.09 Å². The molecule has 4 amide bonds. The lowest BCUT2D eigenvalue weighted by molar-refractivity contribution is -0.143. The van der Waals surface area contributed by atoms with E-state index in [1.165, 1.54) is 4.90 Å². The monoisotopic (exact) mass is 518 g/mol. The highest BCUT2D eigenvalue weighted by molar-refractivity contribution is 5.94. The third-order valence-corrected chi connectivity index (χ3v) is 5.83. The van der Waals surface area contributed by atoms with Gasteiger partial charge in [0, 0.05) is 12.6 Å². The van der Waals surface area contributed by atoms with Gasteiger partial charge < -0.3 is 26.0 Å². The molecule has 0 saturated heterocycles. The second-order valence-corrected chi connectivity index (χ2v) is 10.6. The molecule has 4 N–H and O–H groups in total. The van der Waals surface area contributed by atoms with E-state index in [9.17, 15) is 19.2 Å². The Morgan fingerprint density at radius 3 is 2.22 bits per heavy atom. The summed E-state index contributed by atoms with van der Waals surface area (Å²) in [7, 11) is 0. The molecule has 0 radical (unpaired) electrons. The van der Waals surface area contributed by atoms with Crippen LogP contribution >= 0.6 is 0 Å². The Kier molecular flexibility index (Phi) is 13.1. The average Bonchev–Trinajstić information content (AvgIpc) is 2.77. The number of ether oxygens (including phenoxy) is 1. The summed E-state index contributed by atoms with van der Waals surface area (Å²) < 4.78 is 5.32. The number of unbranched alkanes of at least 4 members (excludes halogenated alkanes) is 2. The summed E-state index contributed by atoms with van der Waals surface area (Å²) in [5.74, 6) is -1.63. The third-order valence-electron chi connectivity index (χ3n) is 5.83. The zero-order valence-corrected chi connectivity index (χ0v) is 23.6. The Balaban J connectivity index is 3.52. The molecule has 37 heavy (non-hydrogen) atoms. The summed E-state index contributed by atoms with van der Waals surface area (Å²) in [5.41, 5.74) is 6.18. The van der Waals surface area contributed by atoms with Crippen LogP contribution in [0.3, 0.4) is 0 Å². The molecule has 1 aromatic carbocycles. The van der Waals surface area contributed by atoms with Crippen LogP contribution in [0, 0.1) is 6.92 Å². The van der Waals surface area contributed by atoms with E-state index in [4.69, 9.17) is 10.5 Å². The number of benzene rings is 1. The van der Waals surface area contributed by atoms with Gasteiger partial charge in [0.05, 0.1) is 6.42 Å². The predicted octanol–water partition coefficient (Wildman–Crippen LogP) is 4.13. The Morgan fingerprint density at radius 2 is 1.68 bits per heavy atom. The molecule has 0 aliphatic rings. The van der Waals surface area contributed by atoms with Crippen molar-refractivity contribution in [3.05, 3.63) is 35.4 Å². The fourth-order valence-corrected chi connectivity index (χ4v) is 4.12. The van der Waals surface area contributed by atoms with Crippen molar-refractivity contribution in [2.75, 3.05) is 6.54 Å². The van der Waals surface area contributed by atoms with Crippen molar-refractivity contribution in [3.8, 4) is 0 Å². The number of aryl methyl sites for hydroxylation is 1. The lowest BCUT2D eigenvalue weighted by Crippen LogP contribution is -2.54. The van der Waals surface area contributed by atoms with Crippen LogP contribution in [0.5, 0.6) is 0 Å². The van der Waals surface area contributed by atoms with E-state index in [2.05, 4.69) is 10.6 Å². The number of nitrogens with zero attached hydrogens (tertiary/aromatic N) is 1. The van der Waals surface area contributed by atoms with Crippen molar-refractivity contribution < 1.29 is 23.9 Å². The molecule has 0 aliphatic carbocycles. The average molecular weight is 519 g/mol. The van der Waals surface area contributed by atoms with Gasteiger partial charge in [-0.3, -0.25) is 14.4 Å². The van der Waals surface area contributed by atoms with Gasteiger partial charge in [0.25, 0.3) is 0 Å². The van der Waals surface area contributed by atoms with Crippen LogP contribution in [0.15, 0.2) is 24.3 Å². The number of amides is 4. The van der Waals surface area contributed by atoms with Gasteiger partial charge in [-0.15, -0.1) is 0 Å². The third kappa shape index (κ3) is 11.2. The molecule has 0 heterocycles. The van der Waals surface area contributed by atoms with Gasteiger partial charge in [0.1, 0.15) is 17.7 Å². The lowest BCUT2D eigenvalue weighted by Gasteiger charge is -2.35. The second-order valence-electron chi connectivity index (χ2n) is 10.6. The van der Waals surface area contributed by atoms with Crippen LogP contribution in [0.4, 0.5) is 4.79 Å². The maximum absolute atomic E-state index is 14.0. The van der Waals surface area contributed by atoms with Crippen molar-refractivity contribution in [2.24, 2.45) is 5.73 Å². The number of hydrogen-bond acceptors (Lipinski definition) is 5. The van der Waals surface area contributed by atoms with Gasteiger partial charge in [-0.25, -0.2) is 4.79 Å². The standard InChI is InChI=1S/C28H46N4O5/c1-8-10-13-17-32(26(35)22(18-23(29)33)31-27(36)37-28(5,6)7)24(21-16-12-11-15-19(21)3)25(34)30-20(4)14-9-2/h11-12,15-16,20,22,24H,8-10,13-14,17-18H2,1-7H3,(H2,29,33)(H,30,34)(H,31,36). The Bertz CT molecular complexity index is 912. The molecule has 208 valence electrons. The summed E-state index contributed by atoms with van der Waals surface area (Å²) >= 11 is 0. The molecule has 3 atom stereocenters. The number of primary amides is 1. The molecule has 9 heteroatoms. The highest BCUT2D eigenvalue weighted by Gasteiger charge is 2.37. The first kappa shape index (κ1) is 31.9. The first-order chi connectivity index (χ1) is 17.3. The second kappa shape index (κ2) is 15.2. The SMILES string of the molecule is CCCCCN(C(=O)C(CC(N)=O)NC(=O)OC(C)(C)C)C(C(=O)NC(C)CCC)c1ccccc1C. The molecule has 1 aromatic rings. The number of carbonyl (C=O) groups is 4. The summed E-state index contributed by atoms with van der Waals surface area (Å²) in [6, 6.07) is 5.11. The van der Waals surface area contributed by atoms with Crippen LogP contribution in [0.2, 0.25) is 0 Å². The van der Waals surface area contributed by atoms with Crippen molar-refractivity contribution >= 4 is 23.8 Å². The van der Waals surface area contributed by atoms with Gasteiger partial charge in [-0.05, 0) is 58.6 Å². The van der Waals surface area contributed by atoms with Crippen molar-refractivity contribution in [2.45, 2.75) is 111 Å². The van der Waals surface area contributed by atoms with Crippen LogP contribution in [0.25, 0.3) is 0 Å². The van der Waals surface area contributed by atoms with Gasteiger partial charge in [0.2, 0.25) is 17.7 Å². The zero-order valence-electron chi connectivity index (χ0n) is 23.6. The van der Waals surface area contributed by atoms with Crippen molar-refractivity contribution in [1.29, 1.82) is 0 Å². The summed E-state index contributed by atoms with van der Waals surface area (Å²) in [6.07, 6.45) is 2.84. The molecular formula is C28H46N4O5. The van der Waals surface area contributed by atoms with Gasteiger partial charge in [-0.2, -0.15) is 0 Å². The van der Waals surface area contributed by atoms with E-state index >= 15 is 0 Å². The van der Waals surface area contributed by atoms with Crippen LogP contribution in [-0.2, 0) is 19.1 Å². The first-order valence-corrected chi connectivity index (χ1v) is 13.2. The molecule has 3 unspecified atom stereocenters. The number of alkyl carbamates (subject to hydrolysis) is 1. The molecule has 0 aliphatic heterocycles. The molecular weight excluding hydrogens is 472 g/mol. The van der Waals surface area contributed by atoms with Crippen LogP contribution in [0.1, 0.15) is 97.2 Å². The highest BCUT2D eigenvalue weighted by Crippen LogP contribution is 2.27. The van der Waals surface area contributed by atoms with E-state index in [1.807, 2.05) is 52.0 Å². The van der Waals surface area contributed by atoms with Crippen molar-refractivity contribution in [1.82, 2.24) is 15.5 Å². The topological polar surface area (TPSA) is 131 Å². The molecule has 0 aromatic heterocycles. The van der Waals surface area contributed by atoms with E-state index in [0.717, 1.165) is 31.2 Å². The molecule has 0 bridgehead atoms. The van der Waals surface area contributed by atoms with Gasteiger partial charge in [0.15, 0.2) is 0 Å². The number of hydrogen-bond donors (Lipinski definition) is 3. The van der Waals surface area contributed by atoms with Crippen molar-refractivity contribution in [3.63, 3.8) is 0 Å². The number of nitrogens with two attached hydrogens (primary N) is 1. The molecule has 9 nitrogen and oxygen atoms in total. The van der Waals surface area contributed by atoms with Crippen LogP contribution < -0.4 is 16.4 Å². The fraction of sp³-hybridized carbons (Fsp3) is 0.643. The minimum Gasteiger partial charge on any atom is -0.444 e. The Morgan fingerprint density at radius 1 is 1.03 bits per heavy atom. The molecule has 0 saturated carbocycles. The minimum absolute atomic E-state index is 0.0853. The van der Waals surface area contributed by atoms with E-state index in [0.29, 0.717) is 12.0 Å². The largest absolute Gasteiger partial charge is 0.444 e. The number of carbonyl (C=O) groups excluding carboxylic acids is 4. The molecule has 1 rings (SSSR count). The van der Waals surface area contributed by atoms with E-state index in [-0.39, 0.29) is 18.5 Å². The predicted molar refractivity (Wildman–Crippen MR) is 145 cm³/mol. The van der Waals surface area contributed by atoms with E-state index in [1.54, 1.807) is 20.8 Å². The first-order valence-electron chi connectivity index (χ1n) is 13.2. The maximum Gasteiger partial charge on any atom is 0.408 e. The normalized spacial score (nSPS) is 13.7. The van der Waals surface area contributed by atoms with E-state index < -0.39 is 42.0 Å². The Labute approximate surface area is 221 Å². The zero-order chi connectivity index (χ0) is 28.2. The summed E-state index contributed by atoms with van der Waals surface area (Å²) in [6.45, 7) is 13.3. The summed E-state index contributed by atoms with van der Waals surface area (Å²) in [4.78, 5) is 53.6. The molecule has 0 spiro atoms. The quantitative estimate of drug-likeness (QED) is 0.319. The maximum atomic E-state index is 14.0. The highest BCUT2D eigenvalue weighted by atomic mass is 16.6.